The Kier molecular flexibility index (Phi) is 6.34. The lowest BCUT2D eigenvalue weighted by atomic mass is 10.1. The highest BCUT2D eigenvalue weighted by Gasteiger charge is 2.18. The molecule has 3 rings (SSSR count). The normalized spacial score (nSPS) is 13.7. The first-order chi connectivity index (χ1) is 12.6. The Morgan fingerprint density at radius 2 is 1.88 bits per heavy atom. The molecule has 0 heterocycles. The molecule has 1 atom stereocenters. The molecule has 1 aliphatic rings. The van der Waals surface area contributed by atoms with Gasteiger partial charge in [-0.05, 0) is 55.0 Å². The van der Waals surface area contributed by atoms with E-state index < -0.39 is 6.10 Å². The molecular formula is C21H23NO3S. The Hall–Kier alpha value is -2.27. The van der Waals surface area contributed by atoms with Gasteiger partial charge >= 0.3 is 5.97 Å². The van der Waals surface area contributed by atoms with Crippen LogP contribution in [0.5, 0.6) is 0 Å². The molecular weight excluding hydrogens is 346 g/mol. The quantitative estimate of drug-likeness (QED) is 0.599. The van der Waals surface area contributed by atoms with E-state index in [1.807, 2.05) is 30.3 Å². The monoisotopic (exact) mass is 369 g/mol. The minimum absolute atomic E-state index is 0.203. The number of fused-ring (bicyclic) bond motifs is 1. The van der Waals surface area contributed by atoms with Crippen LogP contribution in [-0.4, -0.2) is 23.7 Å². The van der Waals surface area contributed by atoms with Gasteiger partial charge in [0.1, 0.15) is 0 Å². The number of aryl methyl sites for hydroxylation is 2. The van der Waals surface area contributed by atoms with Gasteiger partial charge in [0.25, 0.3) is 5.91 Å². The minimum Gasteiger partial charge on any atom is -0.452 e. The Labute approximate surface area is 158 Å². The van der Waals surface area contributed by atoms with E-state index in [1.54, 1.807) is 6.92 Å². The van der Waals surface area contributed by atoms with E-state index in [9.17, 15) is 9.59 Å². The van der Waals surface area contributed by atoms with Crippen LogP contribution in [0.1, 0.15) is 30.0 Å². The Morgan fingerprint density at radius 1 is 1.12 bits per heavy atom. The second kappa shape index (κ2) is 8.90. The molecule has 0 saturated heterocycles. The summed E-state index contributed by atoms with van der Waals surface area (Å²) in [5.41, 5.74) is 3.81. The maximum atomic E-state index is 12.1. The molecule has 26 heavy (non-hydrogen) atoms. The summed E-state index contributed by atoms with van der Waals surface area (Å²) in [6.45, 7) is 2.02. The van der Waals surface area contributed by atoms with Gasteiger partial charge in [-0.3, -0.25) is 9.59 Å². The van der Waals surface area contributed by atoms with E-state index in [-0.39, 0.29) is 17.6 Å². The molecule has 0 fully saturated rings. The van der Waals surface area contributed by atoms with Gasteiger partial charge in [0.05, 0.1) is 5.75 Å². The van der Waals surface area contributed by atoms with Crippen LogP contribution in [0.4, 0.5) is 0 Å². The molecule has 0 unspecified atom stereocenters. The van der Waals surface area contributed by atoms with E-state index >= 15 is 0 Å². The van der Waals surface area contributed by atoms with Crippen LogP contribution in [0, 0.1) is 0 Å². The predicted octanol–water partition coefficient (Wildman–Crippen LogP) is 3.52. The maximum absolute atomic E-state index is 12.1. The molecule has 5 heteroatoms. The topological polar surface area (TPSA) is 55.4 Å². The number of ether oxygens (including phenoxy) is 1. The summed E-state index contributed by atoms with van der Waals surface area (Å²) in [5.74, 6) is -0.461. The first kappa shape index (κ1) is 18.5. The zero-order valence-electron chi connectivity index (χ0n) is 14.9. The number of hydrogen-bond donors (Lipinski definition) is 1. The van der Waals surface area contributed by atoms with E-state index in [0.29, 0.717) is 6.54 Å². The molecule has 1 aliphatic carbocycles. The van der Waals surface area contributed by atoms with E-state index in [2.05, 4.69) is 23.5 Å². The number of nitrogens with one attached hydrogen (secondary N) is 1. The predicted molar refractivity (Wildman–Crippen MR) is 103 cm³/mol. The fourth-order valence-corrected chi connectivity index (χ4v) is 3.74. The molecule has 0 aromatic heterocycles. The van der Waals surface area contributed by atoms with Crippen LogP contribution in [0.25, 0.3) is 0 Å². The average molecular weight is 369 g/mol. The van der Waals surface area contributed by atoms with Crippen molar-refractivity contribution in [2.75, 3.05) is 5.75 Å². The van der Waals surface area contributed by atoms with Crippen molar-refractivity contribution in [2.45, 2.75) is 43.7 Å². The van der Waals surface area contributed by atoms with Crippen molar-refractivity contribution in [3.63, 3.8) is 0 Å². The third kappa shape index (κ3) is 5.11. The molecule has 136 valence electrons. The highest BCUT2D eigenvalue weighted by Crippen LogP contribution is 2.27. The number of carbonyl (C=O) groups excluding carboxylic acids is 2. The molecule has 0 radical (unpaired) electrons. The van der Waals surface area contributed by atoms with E-state index in [1.165, 1.54) is 29.3 Å². The Bertz CT molecular complexity index is 776. The number of rotatable bonds is 7. The van der Waals surface area contributed by atoms with Gasteiger partial charge in [-0.1, -0.05) is 36.4 Å². The summed E-state index contributed by atoms with van der Waals surface area (Å²) in [7, 11) is 0. The third-order valence-electron chi connectivity index (χ3n) is 4.41. The van der Waals surface area contributed by atoms with Crippen molar-refractivity contribution >= 4 is 23.6 Å². The van der Waals surface area contributed by atoms with Crippen LogP contribution in [0.2, 0.25) is 0 Å². The van der Waals surface area contributed by atoms with Crippen molar-refractivity contribution < 1.29 is 14.3 Å². The number of amides is 1. The molecule has 4 nitrogen and oxygen atoms in total. The SMILES string of the molecule is C[C@H](OC(=O)CSc1ccc2c(c1)CCC2)C(=O)NCc1ccccc1. The van der Waals surface area contributed by atoms with Crippen molar-refractivity contribution in [1.29, 1.82) is 0 Å². The third-order valence-corrected chi connectivity index (χ3v) is 5.38. The van der Waals surface area contributed by atoms with Crippen molar-refractivity contribution in [1.82, 2.24) is 5.32 Å². The van der Waals surface area contributed by atoms with Gasteiger partial charge in [0.15, 0.2) is 6.10 Å². The van der Waals surface area contributed by atoms with Gasteiger partial charge in [-0.25, -0.2) is 0 Å². The summed E-state index contributed by atoms with van der Waals surface area (Å²) in [4.78, 5) is 25.1. The number of carbonyl (C=O) groups is 2. The zero-order chi connectivity index (χ0) is 18.4. The smallest absolute Gasteiger partial charge is 0.317 e. The second-order valence-electron chi connectivity index (χ2n) is 6.41. The average Bonchev–Trinajstić information content (AvgIpc) is 3.13. The molecule has 0 bridgehead atoms. The van der Waals surface area contributed by atoms with E-state index in [4.69, 9.17) is 4.74 Å². The zero-order valence-corrected chi connectivity index (χ0v) is 15.7. The fourth-order valence-electron chi connectivity index (χ4n) is 2.99. The Morgan fingerprint density at radius 3 is 2.69 bits per heavy atom. The summed E-state index contributed by atoms with van der Waals surface area (Å²) in [5, 5.41) is 2.78. The molecule has 1 N–H and O–H groups in total. The molecule has 0 saturated carbocycles. The van der Waals surface area contributed by atoms with Gasteiger partial charge in [-0.15, -0.1) is 11.8 Å². The lowest BCUT2D eigenvalue weighted by Crippen LogP contribution is -2.35. The van der Waals surface area contributed by atoms with Crippen LogP contribution in [-0.2, 0) is 33.7 Å². The van der Waals surface area contributed by atoms with Crippen LogP contribution < -0.4 is 5.32 Å². The number of benzene rings is 2. The molecule has 0 spiro atoms. The molecule has 2 aromatic rings. The lowest BCUT2D eigenvalue weighted by molar-refractivity contribution is -0.152. The number of hydrogen-bond acceptors (Lipinski definition) is 4. The first-order valence-corrected chi connectivity index (χ1v) is 9.86. The molecule has 2 aromatic carbocycles. The number of esters is 1. The largest absolute Gasteiger partial charge is 0.452 e. The van der Waals surface area contributed by atoms with E-state index in [0.717, 1.165) is 23.3 Å². The molecule has 0 aliphatic heterocycles. The van der Waals surface area contributed by atoms with Crippen LogP contribution in [0.15, 0.2) is 53.4 Å². The van der Waals surface area contributed by atoms with Crippen molar-refractivity contribution in [3.05, 3.63) is 65.2 Å². The van der Waals surface area contributed by atoms with Gasteiger partial charge < -0.3 is 10.1 Å². The van der Waals surface area contributed by atoms with Gasteiger partial charge in [-0.2, -0.15) is 0 Å². The highest BCUT2D eigenvalue weighted by molar-refractivity contribution is 8.00. The van der Waals surface area contributed by atoms with Crippen molar-refractivity contribution in [3.8, 4) is 0 Å². The fraction of sp³-hybridized carbons (Fsp3) is 0.333. The first-order valence-electron chi connectivity index (χ1n) is 8.87. The highest BCUT2D eigenvalue weighted by atomic mass is 32.2. The minimum atomic E-state index is -0.799. The van der Waals surface area contributed by atoms with Gasteiger partial charge in [0, 0.05) is 11.4 Å². The maximum Gasteiger partial charge on any atom is 0.317 e. The summed E-state index contributed by atoms with van der Waals surface area (Å²) < 4.78 is 5.24. The summed E-state index contributed by atoms with van der Waals surface area (Å²) in [6.07, 6.45) is 2.68. The van der Waals surface area contributed by atoms with Gasteiger partial charge in [0.2, 0.25) is 0 Å². The lowest BCUT2D eigenvalue weighted by Gasteiger charge is -2.13. The molecule has 1 amide bonds. The summed E-state index contributed by atoms with van der Waals surface area (Å²) >= 11 is 1.45. The number of thioether (sulfide) groups is 1. The standard InChI is InChI=1S/C21H23NO3S/c1-15(21(24)22-13-16-6-3-2-4-7-16)25-20(23)14-26-19-11-10-17-8-5-9-18(17)12-19/h2-4,6-7,10-12,15H,5,8-9,13-14H2,1H3,(H,22,24)/t15-/m0/s1. The van der Waals surface area contributed by atoms with Crippen molar-refractivity contribution in [2.24, 2.45) is 0 Å². The van der Waals surface area contributed by atoms with Crippen LogP contribution in [0.3, 0.4) is 0 Å². The summed E-state index contributed by atoms with van der Waals surface area (Å²) in [6, 6.07) is 16.0. The Balaban J connectivity index is 1.41. The second-order valence-corrected chi connectivity index (χ2v) is 7.46. The van der Waals surface area contributed by atoms with Crippen LogP contribution >= 0.6 is 11.8 Å².